The first-order valence-corrected chi connectivity index (χ1v) is 7.74. The first-order chi connectivity index (χ1) is 9.45. The minimum atomic E-state index is -0.949. The van der Waals surface area contributed by atoms with Crippen LogP contribution in [0.2, 0.25) is 0 Å². The highest BCUT2D eigenvalue weighted by atomic mass is 16.4. The van der Waals surface area contributed by atoms with Crippen LogP contribution < -0.4 is 5.32 Å². The van der Waals surface area contributed by atoms with E-state index in [4.69, 9.17) is 5.11 Å². The van der Waals surface area contributed by atoms with Gasteiger partial charge in [0.2, 0.25) is 0 Å². The second kappa shape index (κ2) is 8.12. The summed E-state index contributed by atoms with van der Waals surface area (Å²) in [5, 5.41) is 11.7. The number of urea groups is 1. The summed E-state index contributed by atoms with van der Waals surface area (Å²) in [5.41, 5.74) is 0. The second-order valence-corrected chi connectivity index (χ2v) is 6.05. The third-order valence-corrected chi connectivity index (χ3v) is 4.18. The predicted molar refractivity (Wildman–Crippen MR) is 78.6 cm³/mol. The molecule has 116 valence electrons. The molecule has 1 saturated heterocycles. The van der Waals surface area contributed by atoms with Crippen molar-refractivity contribution >= 4 is 12.0 Å². The van der Waals surface area contributed by atoms with Gasteiger partial charge in [0.1, 0.15) is 6.04 Å². The first kappa shape index (κ1) is 16.8. The van der Waals surface area contributed by atoms with Crippen molar-refractivity contribution in [3.05, 3.63) is 0 Å². The molecule has 0 bridgehead atoms. The molecule has 0 aromatic heterocycles. The molecule has 2 amide bonds. The van der Waals surface area contributed by atoms with Crippen molar-refractivity contribution in [2.45, 2.75) is 58.9 Å². The summed E-state index contributed by atoms with van der Waals surface area (Å²) >= 11 is 0. The minimum absolute atomic E-state index is 0.227. The summed E-state index contributed by atoms with van der Waals surface area (Å²) in [5.74, 6) is 0.360. The van der Waals surface area contributed by atoms with Gasteiger partial charge in [0.05, 0.1) is 0 Å². The predicted octanol–water partition coefficient (Wildman–Crippen LogP) is 2.71. The summed E-state index contributed by atoms with van der Waals surface area (Å²) in [6.45, 7) is 7.83. The monoisotopic (exact) mass is 284 g/mol. The van der Waals surface area contributed by atoms with Gasteiger partial charge in [0.15, 0.2) is 0 Å². The highest BCUT2D eigenvalue weighted by Gasteiger charge is 2.25. The Morgan fingerprint density at radius 3 is 2.55 bits per heavy atom. The quantitative estimate of drug-likeness (QED) is 0.815. The highest BCUT2D eigenvalue weighted by molar-refractivity contribution is 5.82. The molecule has 1 aliphatic rings. The van der Waals surface area contributed by atoms with Gasteiger partial charge in [-0.2, -0.15) is 0 Å². The fourth-order valence-electron chi connectivity index (χ4n) is 2.78. The third kappa shape index (κ3) is 5.02. The van der Waals surface area contributed by atoms with Crippen LogP contribution in [0.15, 0.2) is 0 Å². The van der Waals surface area contributed by atoms with Gasteiger partial charge in [-0.3, -0.25) is 0 Å². The smallest absolute Gasteiger partial charge is 0.326 e. The van der Waals surface area contributed by atoms with Crippen LogP contribution in [0.1, 0.15) is 52.9 Å². The maximum atomic E-state index is 12.2. The maximum Gasteiger partial charge on any atom is 0.326 e. The molecule has 0 aliphatic carbocycles. The Labute approximate surface area is 121 Å². The lowest BCUT2D eigenvalue weighted by Gasteiger charge is -2.24. The Morgan fingerprint density at radius 2 is 2.00 bits per heavy atom. The van der Waals surface area contributed by atoms with Crippen molar-refractivity contribution < 1.29 is 14.7 Å². The van der Waals surface area contributed by atoms with Crippen LogP contribution in [-0.2, 0) is 4.79 Å². The van der Waals surface area contributed by atoms with Gasteiger partial charge in [-0.1, -0.05) is 27.2 Å². The number of nitrogens with zero attached hydrogens (tertiary/aromatic N) is 1. The minimum Gasteiger partial charge on any atom is -0.480 e. The molecule has 5 heteroatoms. The summed E-state index contributed by atoms with van der Waals surface area (Å²) in [7, 11) is 0. The Hall–Kier alpha value is -1.26. The average molecular weight is 284 g/mol. The van der Waals surface area contributed by atoms with Gasteiger partial charge in [-0.25, -0.2) is 9.59 Å². The molecule has 0 spiro atoms. The van der Waals surface area contributed by atoms with Crippen LogP contribution in [0.3, 0.4) is 0 Å². The van der Waals surface area contributed by atoms with Crippen LogP contribution in [0.25, 0.3) is 0 Å². The lowest BCUT2D eigenvalue weighted by Crippen LogP contribution is -2.48. The first-order valence-electron chi connectivity index (χ1n) is 7.74. The standard InChI is InChI=1S/C15H28N2O3/c1-4-6-13(14(18)19)16-15(20)17-9-5-7-12(8-10-17)11(2)3/h11-13H,4-10H2,1-3H3,(H,16,20)(H,18,19). The lowest BCUT2D eigenvalue weighted by atomic mass is 9.89. The Kier molecular flexibility index (Phi) is 6.82. The zero-order chi connectivity index (χ0) is 15.1. The largest absolute Gasteiger partial charge is 0.480 e. The molecule has 2 unspecified atom stereocenters. The number of rotatable bonds is 5. The van der Waals surface area contributed by atoms with Gasteiger partial charge in [0, 0.05) is 13.1 Å². The van der Waals surface area contributed by atoms with Crippen molar-refractivity contribution in [1.29, 1.82) is 0 Å². The van der Waals surface area contributed by atoms with E-state index in [-0.39, 0.29) is 6.03 Å². The normalized spacial score (nSPS) is 21.4. The Morgan fingerprint density at radius 1 is 1.30 bits per heavy atom. The topological polar surface area (TPSA) is 69.6 Å². The molecule has 1 heterocycles. The molecule has 2 N–H and O–H groups in total. The van der Waals surface area contributed by atoms with Crippen LogP contribution in [0.4, 0.5) is 4.79 Å². The van der Waals surface area contributed by atoms with Crippen LogP contribution in [0, 0.1) is 11.8 Å². The van der Waals surface area contributed by atoms with E-state index in [0.717, 1.165) is 38.8 Å². The van der Waals surface area contributed by atoms with Crippen LogP contribution in [0.5, 0.6) is 0 Å². The van der Waals surface area contributed by atoms with Crippen molar-refractivity contribution in [2.24, 2.45) is 11.8 Å². The highest BCUT2D eigenvalue weighted by Crippen LogP contribution is 2.24. The summed E-state index contributed by atoms with van der Waals surface area (Å²) in [4.78, 5) is 25.0. The van der Waals surface area contributed by atoms with E-state index in [2.05, 4.69) is 19.2 Å². The molecule has 1 fully saturated rings. The van der Waals surface area contributed by atoms with Gasteiger partial charge >= 0.3 is 12.0 Å². The number of hydrogen-bond donors (Lipinski definition) is 2. The van der Waals surface area contributed by atoms with E-state index >= 15 is 0 Å². The lowest BCUT2D eigenvalue weighted by molar-refractivity contribution is -0.139. The van der Waals surface area contributed by atoms with Crippen LogP contribution >= 0.6 is 0 Å². The van der Waals surface area contributed by atoms with Gasteiger partial charge in [0.25, 0.3) is 0 Å². The molecule has 1 aliphatic heterocycles. The zero-order valence-electron chi connectivity index (χ0n) is 12.9. The molecule has 5 nitrogen and oxygen atoms in total. The number of nitrogens with one attached hydrogen (secondary N) is 1. The fraction of sp³-hybridized carbons (Fsp3) is 0.867. The number of carboxylic acids is 1. The molecular formula is C15H28N2O3. The van der Waals surface area contributed by atoms with Gasteiger partial charge < -0.3 is 15.3 Å². The fourth-order valence-corrected chi connectivity index (χ4v) is 2.78. The molecule has 0 aromatic carbocycles. The number of amides is 2. The molecule has 0 radical (unpaired) electrons. The number of aliphatic carboxylic acids is 1. The summed E-state index contributed by atoms with van der Waals surface area (Å²) in [6, 6.07) is -0.994. The maximum absolute atomic E-state index is 12.2. The van der Waals surface area contributed by atoms with E-state index in [1.165, 1.54) is 0 Å². The van der Waals surface area contributed by atoms with Crippen molar-refractivity contribution in [2.75, 3.05) is 13.1 Å². The average Bonchev–Trinajstić information content (AvgIpc) is 2.63. The Balaban J connectivity index is 2.52. The third-order valence-electron chi connectivity index (χ3n) is 4.18. The molecule has 0 saturated carbocycles. The zero-order valence-corrected chi connectivity index (χ0v) is 12.9. The van der Waals surface area contributed by atoms with Crippen molar-refractivity contribution in [3.8, 4) is 0 Å². The summed E-state index contributed by atoms with van der Waals surface area (Å²) in [6.07, 6.45) is 4.38. The molecule has 20 heavy (non-hydrogen) atoms. The van der Waals surface area contributed by atoms with Crippen molar-refractivity contribution in [1.82, 2.24) is 10.2 Å². The Bertz CT molecular complexity index is 331. The van der Waals surface area contributed by atoms with E-state index in [9.17, 15) is 9.59 Å². The number of hydrogen-bond acceptors (Lipinski definition) is 2. The van der Waals surface area contributed by atoms with Crippen molar-refractivity contribution in [3.63, 3.8) is 0 Å². The van der Waals surface area contributed by atoms with E-state index in [1.807, 2.05) is 6.92 Å². The van der Waals surface area contributed by atoms with E-state index in [0.29, 0.717) is 18.3 Å². The number of likely N-dealkylation sites (tertiary alicyclic amines) is 1. The SMILES string of the molecule is CCCC(NC(=O)N1CCCC(C(C)C)CC1)C(=O)O. The summed E-state index contributed by atoms with van der Waals surface area (Å²) < 4.78 is 0. The molecule has 0 aromatic rings. The number of carbonyl (C=O) groups excluding carboxylic acids is 1. The molecule has 1 rings (SSSR count). The van der Waals surface area contributed by atoms with Gasteiger partial charge in [-0.05, 0) is 37.5 Å². The van der Waals surface area contributed by atoms with Gasteiger partial charge in [-0.15, -0.1) is 0 Å². The number of carbonyl (C=O) groups is 2. The molecule has 2 atom stereocenters. The van der Waals surface area contributed by atoms with Crippen LogP contribution in [-0.4, -0.2) is 41.1 Å². The second-order valence-electron chi connectivity index (χ2n) is 6.05. The molecular weight excluding hydrogens is 256 g/mol. The van der Waals surface area contributed by atoms with E-state index < -0.39 is 12.0 Å². The van der Waals surface area contributed by atoms with E-state index in [1.54, 1.807) is 4.90 Å². The number of carboxylic acid groups (broad SMARTS) is 1.